The number of ether oxygens (including phenoxy) is 1. The summed E-state index contributed by atoms with van der Waals surface area (Å²) in [7, 11) is 0. The van der Waals surface area contributed by atoms with Crippen molar-refractivity contribution in [1.82, 2.24) is 5.43 Å². The number of carbonyl (C=O) groups is 1. The zero-order valence-corrected chi connectivity index (χ0v) is 17.8. The van der Waals surface area contributed by atoms with Crippen molar-refractivity contribution in [1.29, 1.82) is 0 Å². The van der Waals surface area contributed by atoms with Gasteiger partial charge in [-0.15, -0.1) is 0 Å². The maximum atomic E-state index is 12.0. The molecule has 0 aromatic heterocycles. The third kappa shape index (κ3) is 5.20. The third-order valence-corrected chi connectivity index (χ3v) is 4.95. The Balaban J connectivity index is 1.54. The van der Waals surface area contributed by atoms with Crippen LogP contribution in [0.2, 0.25) is 0 Å². The molecule has 1 amide bonds. The highest BCUT2D eigenvalue weighted by molar-refractivity contribution is 9.10. The zero-order valence-electron chi connectivity index (χ0n) is 16.2. The zero-order chi connectivity index (χ0) is 20.1. The molecule has 0 saturated heterocycles. The van der Waals surface area contributed by atoms with Gasteiger partial charge in [-0.25, -0.2) is 5.43 Å². The summed E-state index contributed by atoms with van der Waals surface area (Å²) in [4.78, 5) is 12.0. The minimum absolute atomic E-state index is 0.0515. The maximum absolute atomic E-state index is 12.0. The first-order valence-electron chi connectivity index (χ1n) is 9.06. The fourth-order valence-corrected chi connectivity index (χ4v) is 3.22. The molecule has 1 N–H and O–H groups in total. The molecule has 0 aliphatic heterocycles. The van der Waals surface area contributed by atoms with Gasteiger partial charge in [-0.05, 0) is 61.4 Å². The van der Waals surface area contributed by atoms with Crippen molar-refractivity contribution in [2.75, 3.05) is 6.61 Å². The molecule has 3 aromatic rings. The second kappa shape index (κ2) is 8.57. The predicted octanol–water partition coefficient (Wildman–Crippen LogP) is 5.43. The van der Waals surface area contributed by atoms with Gasteiger partial charge in [-0.3, -0.25) is 4.79 Å². The molecule has 0 unspecified atom stereocenters. The van der Waals surface area contributed by atoms with Crippen molar-refractivity contribution in [3.8, 4) is 5.75 Å². The van der Waals surface area contributed by atoms with Crippen LogP contribution >= 0.6 is 15.9 Å². The Labute approximate surface area is 173 Å². The molecule has 0 saturated carbocycles. The average molecular weight is 439 g/mol. The number of fused-ring (bicyclic) bond motifs is 1. The Morgan fingerprint density at radius 2 is 1.82 bits per heavy atom. The van der Waals surface area contributed by atoms with E-state index in [4.69, 9.17) is 4.74 Å². The minimum atomic E-state index is -0.316. The number of nitrogens with one attached hydrogen (secondary N) is 1. The van der Waals surface area contributed by atoms with Gasteiger partial charge in [0.25, 0.3) is 5.91 Å². The van der Waals surface area contributed by atoms with Crippen LogP contribution in [0.15, 0.2) is 70.2 Å². The maximum Gasteiger partial charge on any atom is 0.277 e. The summed E-state index contributed by atoms with van der Waals surface area (Å²) in [5.74, 6) is 0.311. The Hall–Kier alpha value is -2.66. The highest BCUT2D eigenvalue weighted by Crippen LogP contribution is 2.31. The van der Waals surface area contributed by atoms with Gasteiger partial charge < -0.3 is 4.74 Å². The molecule has 144 valence electrons. The van der Waals surface area contributed by atoms with Gasteiger partial charge in [-0.2, -0.15) is 5.10 Å². The number of rotatable bonds is 5. The molecule has 0 fully saturated rings. The number of carbonyl (C=O) groups excluding carboxylic acids is 1. The van der Waals surface area contributed by atoms with Crippen LogP contribution in [0.3, 0.4) is 0 Å². The molecule has 3 rings (SSSR count). The number of benzene rings is 3. The van der Waals surface area contributed by atoms with Crippen molar-refractivity contribution < 1.29 is 9.53 Å². The van der Waals surface area contributed by atoms with Gasteiger partial charge >= 0.3 is 0 Å². The number of nitrogens with zero attached hydrogens (tertiary/aromatic N) is 1. The van der Waals surface area contributed by atoms with Crippen LogP contribution in [-0.2, 0) is 10.2 Å². The number of hydrazone groups is 1. The molecule has 28 heavy (non-hydrogen) atoms. The Morgan fingerprint density at radius 1 is 1.07 bits per heavy atom. The summed E-state index contributed by atoms with van der Waals surface area (Å²) < 4.78 is 6.42. The standard InChI is InChI=1S/C23H23BrN2O2/c1-23(2,3)19-10-11-21(20(24)13-19)28-15-22(27)26-25-14-16-8-9-17-6-4-5-7-18(17)12-16/h4-14H,15H2,1-3H3,(H,26,27). The molecule has 0 heterocycles. The second-order valence-corrected chi connectivity index (χ2v) is 8.44. The summed E-state index contributed by atoms with van der Waals surface area (Å²) in [6.45, 7) is 6.34. The minimum Gasteiger partial charge on any atom is -0.483 e. The van der Waals surface area contributed by atoms with Gasteiger partial charge in [0.05, 0.1) is 10.7 Å². The molecule has 0 aliphatic rings. The lowest BCUT2D eigenvalue weighted by Crippen LogP contribution is -2.24. The molecular weight excluding hydrogens is 416 g/mol. The van der Waals surface area contributed by atoms with E-state index < -0.39 is 0 Å². The van der Waals surface area contributed by atoms with Crippen molar-refractivity contribution >= 4 is 38.8 Å². The molecule has 0 aliphatic carbocycles. The largest absolute Gasteiger partial charge is 0.483 e. The van der Waals surface area contributed by atoms with E-state index in [2.05, 4.69) is 53.3 Å². The van der Waals surface area contributed by atoms with E-state index in [1.54, 1.807) is 6.21 Å². The lowest BCUT2D eigenvalue weighted by atomic mass is 9.87. The monoisotopic (exact) mass is 438 g/mol. The first-order valence-corrected chi connectivity index (χ1v) is 9.86. The smallest absolute Gasteiger partial charge is 0.277 e. The SMILES string of the molecule is CC(C)(C)c1ccc(OCC(=O)NN=Cc2ccc3ccccc3c2)c(Br)c1. The van der Waals surface area contributed by atoms with E-state index in [1.165, 1.54) is 10.9 Å². The fourth-order valence-electron chi connectivity index (χ4n) is 2.73. The highest BCUT2D eigenvalue weighted by Gasteiger charge is 2.15. The van der Waals surface area contributed by atoms with Crippen molar-refractivity contribution in [3.05, 3.63) is 76.3 Å². The molecular formula is C23H23BrN2O2. The molecule has 0 atom stereocenters. The molecule has 5 heteroatoms. The molecule has 3 aromatic carbocycles. The molecule has 0 bridgehead atoms. The van der Waals surface area contributed by atoms with Crippen molar-refractivity contribution in [2.24, 2.45) is 5.10 Å². The third-order valence-electron chi connectivity index (χ3n) is 4.33. The van der Waals surface area contributed by atoms with Gasteiger partial charge in [0.1, 0.15) is 5.75 Å². The Morgan fingerprint density at radius 3 is 2.54 bits per heavy atom. The summed E-state index contributed by atoms with van der Waals surface area (Å²) in [5.41, 5.74) is 4.65. The van der Waals surface area contributed by atoms with E-state index >= 15 is 0 Å². The molecule has 0 radical (unpaired) electrons. The predicted molar refractivity (Wildman–Crippen MR) is 118 cm³/mol. The van der Waals surface area contributed by atoms with Crippen LogP contribution in [-0.4, -0.2) is 18.7 Å². The van der Waals surface area contributed by atoms with E-state index in [0.717, 1.165) is 15.4 Å². The van der Waals surface area contributed by atoms with Crippen LogP contribution in [0.25, 0.3) is 10.8 Å². The topological polar surface area (TPSA) is 50.7 Å². The highest BCUT2D eigenvalue weighted by atomic mass is 79.9. The van der Waals surface area contributed by atoms with Crippen molar-refractivity contribution in [3.63, 3.8) is 0 Å². The molecule has 4 nitrogen and oxygen atoms in total. The average Bonchev–Trinajstić information content (AvgIpc) is 2.66. The van der Waals surface area contributed by atoms with E-state index in [9.17, 15) is 4.79 Å². The lowest BCUT2D eigenvalue weighted by Gasteiger charge is -2.20. The summed E-state index contributed by atoms with van der Waals surface area (Å²) in [6.07, 6.45) is 1.62. The Kier molecular flexibility index (Phi) is 6.15. The second-order valence-electron chi connectivity index (χ2n) is 7.58. The van der Waals surface area contributed by atoms with Crippen LogP contribution in [0.5, 0.6) is 5.75 Å². The first-order chi connectivity index (χ1) is 13.3. The van der Waals surface area contributed by atoms with Gasteiger partial charge in [0, 0.05) is 0 Å². The fraction of sp³-hybridized carbons (Fsp3) is 0.217. The summed E-state index contributed by atoms with van der Waals surface area (Å²) in [5, 5.41) is 6.31. The van der Waals surface area contributed by atoms with Gasteiger partial charge in [0.2, 0.25) is 0 Å². The van der Waals surface area contributed by atoms with Gasteiger partial charge in [-0.1, -0.05) is 63.2 Å². The number of hydrogen-bond donors (Lipinski definition) is 1. The summed E-state index contributed by atoms with van der Waals surface area (Å²) in [6, 6.07) is 20.0. The van der Waals surface area contributed by atoms with E-state index in [1.807, 2.05) is 54.6 Å². The number of halogens is 1. The number of amides is 1. The molecule has 0 spiro atoms. The van der Waals surface area contributed by atoms with Crippen molar-refractivity contribution in [2.45, 2.75) is 26.2 Å². The van der Waals surface area contributed by atoms with Gasteiger partial charge in [0.15, 0.2) is 6.61 Å². The van der Waals surface area contributed by atoms with E-state index in [0.29, 0.717) is 5.75 Å². The number of hydrogen-bond acceptors (Lipinski definition) is 3. The van der Waals surface area contributed by atoms with Crippen LogP contribution < -0.4 is 10.2 Å². The normalized spacial score (nSPS) is 11.7. The summed E-state index contributed by atoms with van der Waals surface area (Å²) >= 11 is 3.51. The van der Waals surface area contributed by atoms with Crippen LogP contribution in [0.1, 0.15) is 31.9 Å². The first kappa shape index (κ1) is 20.1. The van der Waals surface area contributed by atoms with Crippen LogP contribution in [0.4, 0.5) is 0 Å². The van der Waals surface area contributed by atoms with E-state index in [-0.39, 0.29) is 17.9 Å². The lowest BCUT2D eigenvalue weighted by molar-refractivity contribution is -0.123. The van der Waals surface area contributed by atoms with Crippen LogP contribution in [0, 0.1) is 0 Å². The Bertz CT molecular complexity index is 1020. The quantitative estimate of drug-likeness (QED) is 0.426.